The summed E-state index contributed by atoms with van der Waals surface area (Å²) in [6.07, 6.45) is 3.86. The summed E-state index contributed by atoms with van der Waals surface area (Å²) in [6.45, 7) is 2.76. The Morgan fingerprint density at radius 3 is 3.32 bits per heavy atom. The molecule has 19 heavy (non-hydrogen) atoms. The molecule has 0 bridgehead atoms. The minimum atomic E-state index is -0.111. The lowest BCUT2D eigenvalue weighted by atomic mass is 10.1. The SMILES string of the molecule is CNC1CCCN(Cc2cc(=O)n3[nH]cnc3n2)C1. The average Bonchev–Trinajstić information content (AvgIpc) is 2.88. The molecular formula is C12H18N6O. The third-order valence-corrected chi connectivity index (χ3v) is 3.62. The molecule has 1 fully saturated rings. The average molecular weight is 262 g/mol. The van der Waals surface area contributed by atoms with Crippen molar-refractivity contribution in [2.24, 2.45) is 0 Å². The van der Waals surface area contributed by atoms with E-state index in [4.69, 9.17) is 0 Å². The summed E-state index contributed by atoms with van der Waals surface area (Å²) in [5.74, 6) is 0.435. The Balaban J connectivity index is 1.79. The van der Waals surface area contributed by atoms with Crippen molar-refractivity contribution in [3.8, 4) is 0 Å². The second-order valence-corrected chi connectivity index (χ2v) is 4.97. The molecule has 1 aliphatic rings. The van der Waals surface area contributed by atoms with Gasteiger partial charge in [0.25, 0.3) is 11.3 Å². The van der Waals surface area contributed by atoms with Gasteiger partial charge in [-0.1, -0.05) is 0 Å². The van der Waals surface area contributed by atoms with Crippen molar-refractivity contribution in [1.82, 2.24) is 29.8 Å². The number of likely N-dealkylation sites (tertiary alicyclic amines) is 1. The molecule has 1 unspecified atom stereocenters. The minimum absolute atomic E-state index is 0.111. The van der Waals surface area contributed by atoms with Crippen LogP contribution in [0, 0.1) is 0 Å². The molecule has 0 aromatic carbocycles. The van der Waals surface area contributed by atoms with Crippen LogP contribution in [0.25, 0.3) is 5.78 Å². The summed E-state index contributed by atoms with van der Waals surface area (Å²) in [7, 11) is 1.99. The Morgan fingerprint density at radius 2 is 2.47 bits per heavy atom. The zero-order valence-electron chi connectivity index (χ0n) is 11.0. The first-order chi connectivity index (χ1) is 9.26. The van der Waals surface area contributed by atoms with Gasteiger partial charge in [0.15, 0.2) is 0 Å². The van der Waals surface area contributed by atoms with Crippen LogP contribution in [-0.4, -0.2) is 50.7 Å². The van der Waals surface area contributed by atoms with Crippen LogP contribution in [-0.2, 0) is 6.54 Å². The second-order valence-electron chi connectivity index (χ2n) is 4.97. The van der Waals surface area contributed by atoms with Gasteiger partial charge in [-0.3, -0.25) is 14.8 Å². The molecule has 1 aliphatic heterocycles. The van der Waals surface area contributed by atoms with Crippen LogP contribution < -0.4 is 10.9 Å². The summed E-state index contributed by atoms with van der Waals surface area (Å²) < 4.78 is 1.34. The summed E-state index contributed by atoms with van der Waals surface area (Å²) in [6, 6.07) is 2.11. The maximum atomic E-state index is 11.8. The number of piperidine rings is 1. The molecule has 0 amide bonds. The molecule has 0 aliphatic carbocycles. The first kappa shape index (κ1) is 12.3. The van der Waals surface area contributed by atoms with E-state index in [1.54, 1.807) is 6.07 Å². The predicted molar refractivity (Wildman–Crippen MR) is 71.0 cm³/mol. The zero-order valence-corrected chi connectivity index (χ0v) is 11.0. The Bertz CT molecular complexity index is 618. The van der Waals surface area contributed by atoms with Crippen LogP contribution >= 0.6 is 0 Å². The molecular weight excluding hydrogens is 244 g/mol. The summed E-state index contributed by atoms with van der Waals surface area (Å²) >= 11 is 0. The predicted octanol–water partition coefficient (Wildman–Crippen LogP) is -0.399. The summed E-state index contributed by atoms with van der Waals surface area (Å²) in [5.41, 5.74) is 0.675. The number of aromatic nitrogens is 4. The lowest BCUT2D eigenvalue weighted by molar-refractivity contribution is 0.186. The summed E-state index contributed by atoms with van der Waals surface area (Å²) in [5, 5.41) is 6.05. The number of nitrogens with zero attached hydrogens (tertiary/aromatic N) is 4. The number of likely N-dealkylation sites (N-methyl/N-ethyl adjacent to an activating group) is 1. The Hall–Kier alpha value is -1.73. The van der Waals surface area contributed by atoms with Crippen molar-refractivity contribution in [1.29, 1.82) is 0 Å². The number of aromatic amines is 1. The van der Waals surface area contributed by atoms with Gasteiger partial charge >= 0.3 is 0 Å². The molecule has 7 heteroatoms. The van der Waals surface area contributed by atoms with E-state index >= 15 is 0 Å². The van der Waals surface area contributed by atoms with Crippen molar-refractivity contribution in [3.05, 3.63) is 28.4 Å². The van der Waals surface area contributed by atoms with Crippen molar-refractivity contribution in [2.45, 2.75) is 25.4 Å². The number of fused-ring (bicyclic) bond motifs is 1. The topological polar surface area (TPSA) is 78.3 Å². The standard InChI is InChI=1S/C12H18N6O/c1-13-9-3-2-4-17(6-9)7-10-5-11(19)18-12(16-10)14-8-15-18/h5,8-9,13H,2-4,6-7H2,1H3,(H,14,15,16). The number of nitrogens with one attached hydrogen (secondary N) is 2. The van der Waals surface area contributed by atoms with E-state index in [2.05, 4.69) is 25.3 Å². The molecule has 1 saturated heterocycles. The highest BCUT2D eigenvalue weighted by molar-refractivity contribution is 5.25. The molecule has 0 saturated carbocycles. The molecule has 3 rings (SSSR count). The number of hydrogen-bond donors (Lipinski definition) is 2. The van der Waals surface area contributed by atoms with E-state index in [1.165, 1.54) is 23.7 Å². The second kappa shape index (κ2) is 5.10. The highest BCUT2D eigenvalue weighted by Gasteiger charge is 2.19. The third-order valence-electron chi connectivity index (χ3n) is 3.62. The fourth-order valence-corrected chi connectivity index (χ4v) is 2.61. The number of H-pyrrole nitrogens is 1. The maximum Gasteiger partial charge on any atom is 0.274 e. The van der Waals surface area contributed by atoms with Gasteiger partial charge in [-0.15, -0.1) is 0 Å². The fraction of sp³-hybridized carbons (Fsp3) is 0.583. The fourth-order valence-electron chi connectivity index (χ4n) is 2.61. The Morgan fingerprint density at radius 1 is 1.58 bits per heavy atom. The monoisotopic (exact) mass is 262 g/mol. The van der Waals surface area contributed by atoms with E-state index in [0.29, 0.717) is 18.4 Å². The van der Waals surface area contributed by atoms with Crippen molar-refractivity contribution < 1.29 is 0 Å². The molecule has 102 valence electrons. The molecule has 2 aromatic heterocycles. The van der Waals surface area contributed by atoms with E-state index in [-0.39, 0.29) is 5.56 Å². The molecule has 0 spiro atoms. The molecule has 0 radical (unpaired) electrons. The van der Waals surface area contributed by atoms with Gasteiger partial charge in [0.05, 0.1) is 5.69 Å². The van der Waals surface area contributed by atoms with E-state index in [1.807, 2.05) is 7.05 Å². The van der Waals surface area contributed by atoms with Crippen LogP contribution in [0.15, 0.2) is 17.2 Å². The van der Waals surface area contributed by atoms with Gasteiger partial charge in [0, 0.05) is 25.2 Å². The van der Waals surface area contributed by atoms with E-state index in [0.717, 1.165) is 18.8 Å². The lowest BCUT2D eigenvalue weighted by Crippen LogP contribution is -2.44. The van der Waals surface area contributed by atoms with Crippen molar-refractivity contribution >= 4 is 5.78 Å². The van der Waals surface area contributed by atoms with Crippen LogP contribution in [0.5, 0.6) is 0 Å². The van der Waals surface area contributed by atoms with Crippen LogP contribution in [0.1, 0.15) is 18.5 Å². The third kappa shape index (κ3) is 2.52. The molecule has 3 heterocycles. The van der Waals surface area contributed by atoms with Gasteiger partial charge in [0.1, 0.15) is 6.33 Å². The maximum absolute atomic E-state index is 11.8. The van der Waals surface area contributed by atoms with Gasteiger partial charge < -0.3 is 5.32 Å². The van der Waals surface area contributed by atoms with Gasteiger partial charge in [-0.05, 0) is 26.4 Å². The minimum Gasteiger partial charge on any atom is -0.316 e. The highest BCUT2D eigenvalue weighted by atomic mass is 16.1. The Labute approximate surface area is 110 Å². The van der Waals surface area contributed by atoms with Gasteiger partial charge in [0.2, 0.25) is 0 Å². The van der Waals surface area contributed by atoms with Gasteiger partial charge in [-0.25, -0.2) is 9.97 Å². The van der Waals surface area contributed by atoms with Crippen molar-refractivity contribution in [3.63, 3.8) is 0 Å². The zero-order chi connectivity index (χ0) is 13.2. The lowest BCUT2D eigenvalue weighted by Gasteiger charge is -2.32. The summed E-state index contributed by atoms with van der Waals surface area (Å²) in [4.78, 5) is 22.6. The van der Waals surface area contributed by atoms with Gasteiger partial charge in [-0.2, -0.15) is 4.52 Å². The molecule has 1 atom stereocenters. The number of rotatable bonds is 3. The first-order valence-electron chi connectivity index (χ1n) is 6.58. The molecule has 2 N–H and O–H groups in total. The molecule has 2 aromatic rings. The molecule has 7 nitrogen and oxygen atoms in total. The largest absolute Gasteiger partial charge is 0.316 e. The highest BCUT2D eigenvalue weighted by Crippen LogP contribution is 2.12. The van der Waals surface area contributed by atoms with E-state index < -0.39 is 0 Å². The number of hydrogen-bond acceptors (Lipinski definition) is 5. The Kier molecular flexibility index (Phi) is 3.31. The quantitative estimate of drug-likeness (QED) is 0.787. The van der Waals surface area contributed by atoms with Crippen LogP contribution in [0.4, 0.5) is 0 Å². The first-order valence-corrected chi connectivity index (χ1v) is 6.58. The van der Waals surface area contributed by atoms with Crippen LogP contribution in [0.3, 0.4) is 0 Å². The van der Waals surface area contributed by atoms with E-state index in [9.17, 15) is 4.79 Å². The smallest absolute Gasteiger partial charge is 0.274 e. The van der Waals surface area contributed by atoms with Crippen LogP contribution in [0.2, 0.25) is 0 Å². The van der Waals surface area contributed by atoms with Crippen molar-refractivity contribution in [2.75, 3.05) is 20.1 Å². The normalized spacial score (nSPS) is 21.0.